The zero-order valence-corrected chi connectivity index (χ0v) is 87.3. The van der Waals surface area contributed by atoms with Crippen LogP contribution in [0.4, 0.5) is 0 Å². The number of carboxylic acid groups (broad SMARTS) is 1. The van der Waals surface area contributed by atoms with Crippen LogP contribution in [0, 0.1) is 23.7 Å². The fraction of sp³-hybridized carbons (Fsp3) is 0.495. The number of rotatable bonds is 22. The number of aromatic amines is 1. The summed E-state index contributed by atoms with van der Waals surface area (Å²) < 4.78 is 0. The summed E-state index contributed by atoms with van der Waals surface area (Å²) in [7, 11) is 2.72. The van der Waals surface area contributed by atoms with Crippen molar-refractivity contribution in [2.75, 3.05) is 55.8 Å². The number of carbonyl (C=O) groups is 23. The van der Waals surface area contributed by atoms with Gasteiger partial charge in [0.15, 0.2) is 0 Å². The average molecular weight is 2160 g/mol. The maximum absolute atomic E-state index is 15.6. The minimum atomic E-state index is -2.32. The molecule has 18 atom stereocenters. The van der Waals surface area contributed by atoms with Crippen molar-refractivity contribution in [3.63, 3.8) is 0 Å². The first-order valence-electron chi connectivity index (χ1n) is 48.4. The minimum Gasteiger partial charge on any atom is -0.508 e. The number of para-hydroxylation sites is 1. The van der Waals surface area contributed by atoms with E-state index in [9.17, 15) is 87.2 Å². The lowest BCUT2D eigenvalue weighted by atomic mass is 9.96. The van der Waals surface area contributed by atoms with Gasteiger partial charge in [-0.2, -0.15) is 0 Å². The molecule has 4 heterocycles. The third-order valence-electron chi connectivity index (χ3n) is 24.0. The number of H-pyrrole nitrogens is 1. The van der Waals surface area contributed by atoms with Crippen LogP contribution in [0.3, 0.4) is 0 Å². The summed E-state index contributed by atoms with van der Waals surface area (Å²) in [6, 6.07) is -2.34. The molecule has 5 aromatic rings. The van der Waals surface area contributed by atoms with Gasteiger partial charge in [0.2, 0.25) is 130 Å². The number of primary amides is 1. The number of fused-ring (bicyclic) bond motifs is 10. The van der Waals surface area contributed by atoms with Gasteiger partial charge in [-0.3, -0.25) is 105 Å². The number of carbonyl (C=O) groups excluding carboxylic acids is 22. The van der Waals surface area contributed by atoms with Crippen LogP contribution in [0.15, 0.2) is 115 Å². The molecule has 22 amide bonds. The zero-order chi connectivity index (χ0) is 110. The smallest absolute Gasteiger partial charge is 0.326 e. The number of amides is 22. The van der Waals surface area contributed by atoms with E-state index in [1.807, 2.05) is 0 Å². The van der Waals surface area contributed by atoms with Crippen molar-refractivity contribution in [2.24, 2.45) is 29.4 Å². The van der Waals surface area contributed by atoms with Gasteiger partial charge in [-0.25, -0.2) is 4.79 Å². The van der Waals surface area contributed by atoms with E-state index in [0.717, 1.165) is 21.6 Å². The first-order chi connectivity index (χ1) is 71.2. The molecule has 8 rings (SSSR count). The first-order valence-corrected chi connectivity index (χ1v) is 53.4. The Bertz CT molecular complexity index is 5670. The van der Waals surface area contributed by atoms with E-state index in [4.69, 9.17) is 5.73 Å². The molecular weight excluding hydrogens is 2030 g/mol. The number of aromatic hydroxyl groups is 1. The zero-order valence-electron chi connectivity index (χ0n) is 84.1. The highest BCUT2D eigenvalue weighted by molar-refractivity contribution is 8.77. The Morgan fingerprint density at radius 1 is 0.400 bits per heavy atom. The number of aliphatic carboxylic acids is 1. The second-order valence-corrected chi connectivity index (χ2v) is 42.3. The van der Waals surface area contributed by atoms with Crippen LogP contribution in [0.1, 0.15) is 117 Å². The van der Waals surface area contributed by atoms with Gasteiger partial charge in [-0.15, -0.1) is 0 Å². The Balaban J connectivity index is 1.31. The van der Waals surface area contributed by atoms with Crippen molar-refractivity contribution in [3.05, 3.63) is 138 Å². The number of hydrogen-bond donors (Lipinski definition) is 26. The predicted octanol–water partition coefficient (Wildman–Crippen LogP) is -5.56. The monoisotopic (exact) mass is 2160 g/mol. The standard InChI is InChI=1S/C97H131N23O26S4/c1-11-50(8)80-96(144)119-79(49(6)7)95(143)117-71(93(141)112-63(32-54-22-16-13-17-23-54)87(135)115-66(97(145)146)34-56-37-99-59-25-19-18-24-58(56)59)46-150-149-45-70-92(140)113-64(35-72(98)123)88(136)114-65-36-73(124)108-69(91(139)110-60(30-47(2)3)83(131)101-41-77(128)118-78(48(4)5)94(142)103-40-75(126)107-67(42-121)90(138)116-70)44-148-147-43-68(109-76(127)38-100-81(129)51(9)104-86(134)62(111-89(65)137)31-53-20-14-12-15-21-53)84(132)102-39-74(125)106-61(33-55-26-28-57(122)29-27-55)85(133)105-52(10)82(130)120-80/h12-29,37,47-52,60-71,78-80,99,121-122H,11,30-36,38-46H2,1-10H3,(H2,98,123)(H,100,129)(H,101,131)(H,102,132)(H,103,142)(H,104,134)(H,105,133)(H,106,125)(H,107,126)(H,108,124)(H,109,127)(H,110,139)(H,111,137)(H,112,141)(H,113,140)(H,114,136)(H,115,135)(H,116,138)(H,117,143)(H,118,128)(H,119,144)(H,120,130)(H,145,146)/t50-,51-,52-,60-,61-,62-,63-,64-,65?,66-,67-,68-,69-,70-,71-,78-,79-,80-/m0/s1. The predicted molar refractivity (Wildman–Crippen MR) is 552 cm³/mol. The van der Waals surface area contributed by atoms with Crippen LogP contribution in [-0.4, -0.2) is 315 Å². The minimum absolute atomic E-state index is 0.170. The maximum Gasteiger partial charge on any atom is 0.326 e. The highest BCUT2D eigenvalue weighted by atomic mass is 33.1. The van der Waals surface area contributed by atoms with Crippen LogP contribution in [0.25, 0.3) is 10.9 Å². The Hall–Kier alpha value is -14.6. The second kappa shape index (κ2) is 59.5. The van der Waals surface area contributed by atoms with Gasteiger partial charge in [0.05, 0.1) is 45.6 Å². The normalized spacial score (nSPS) is 24.8. The highest BCUT2D eigenvalue weighted by Gasteiger charge is 2.42. The molecule has 0 aliphatic carbocycles. The van der Waals surface area contributed by atoms with Crippen molar-refractivity contribution in [1.82, 2.24) is 117 Å². The van der Waals surface area contributed by atoms with Crippen LogP contribution in [-0.2, 0) is 136 Å². The van der Waals surface area contributed by atoms with Crippen molar-refractivity contribution >= 4 is 190 Å². The molecule has 3 fully saturated rings. The van der Waals surface area contributed by atoms with E-state index in [1.165, 1.54) is 77.9 Å². The summed E-state index contributed by atoms with van der Waals surface area (Å²) in [6.07, 6.45) is -2.37. The third kappa shape index (κ3) is 38.8. The number of carboxylic acids is 1. The maximum atomic E-state index is 15.6. The average Bonchev–Trinajstić information content (AvgIpc) is 1.63. The number of phenols is 1. The Kier molecular flexibility index (Phi) is 47.9. The van der Waals surface area contributed by atoms with Crippen molar-refractivity contribution < 1.29 is 126 Å². The van der Waals surface area contributed by atoms with Crippen LogP contribution in [0.2, 0.25) is 0 Å². The number of aromatic nitrogens is 1. The van der Waals surface area contributed by atoms with Crippen LogP contribution >= 0.6 is 43.2 Å². The number of benzene rings is 4. The van der Waals surface area contributed by atoms with Crippen molar-refractivity contribution in [3.8, 4) is 5.75 Å². The lowest BCUT2D eigenvalue weighted by Gasteiger charge is -2.30. The molecule has 49 nitrogen and oxygen atoms in total. The van der Waals surface area contributed by atoms with Gasteiger partial charge < -0.3 is 138 Å². The second-order valence-electron chi connectivity index (χ2n) is 37.2. The summed E-state index contributed by atoms with van der Waals surface area (Å²) >= 11 is 0. The topological polar surface area (TPSA) is 748 Å². The van der Waals surface area contributed by atoms with E-state index >= 15 is 38.4 Å². The van der Waals surface area contributed by atoms with E-state index in [-0.39, 0.29) is 37.9 Å². The molecule has 53 heteroatoms. The summed E-state index contributed by atoms with van der Waals surface area (Å²) in [5, 5.41) is 84.2. The number of phenolic OH excluding ortho intramolecular Hbond substituents is 1. The molecule has 0 radical (unpaired) electrons. The fourth-order valence-corrected chi connectivity index (χ4v) is 20.1. The molecule has 1 unspecified atom stereocenters. The molecule has 4 aromatic carbocycles. The molecule has 814 valence electrons. The van der Waals surface area contributed by atoms with Crippen molar-refractivity contribution in [1.29, 1.82) is 0 Å². The van der Waals surface area contributed by atoms with Gasteiger partial charge in [0.25, 0.3) is 0 Å². The number of nitrogens with two attached hydrogens (primary N) is 1. The molecule has 4 bridgehead atoms. The summed E-state index contributed by atoms with van der Waals surface area (Å²) in [5.74, 6) is -32.8. The third-order valence-corrected chi connectivity index (χ3v) is 28.8. The summed E-state index contributed by atoms with van der Waals surface area (Å²) in [5.41, 5.74) is 8.02. The largest absolute Gasteiger partial charge is 0.508 e. The molecule has 3 aliphatic rings. The van der Waals surface area contributed by atoms with Crippen molar-refractivity contribution in [2.45, 2.75) is 223 Å². The number of aliphatic hydroxyl groups is 1. The van der Waals surface area contributed by atoms with E-state index in [2.05, 4.69) is 117 Å². The Morgan fingerprint density at radius 2 is 0.847 bits per heavy atom. The van der Waals surface area contributed by atoms with Gasteiger partial charge in [-0.05, 0) is 84.4 Å². The molecule has 3 saturated heterocycles. The van der Waals surface area contributed by atoms with Gasteiger partial charge in [0, 0.05) is 65.8 Å². The van der Waals surface area contributed by atoms with Gasteiger partial charge in [-0.1, -0.05) is 196 Å². The summed E-state index contributed by atoms with van der Waals surface area (Å²) in [4.78, 5) is 339. The molecule has 0 spiro atoms. The van der Waals surface area contributed by atoms with Crippen LogP contribution in [0.5, 0.6) is 5.75 Å². The summed E-state index contributed by atoms with van der Waals surface area (Å²) in [6.45, 7) is 9.93. The number of hydrogen-bond acceptors (Lipinski definition) is 29. The van der Waals surface area contributed by atoms with E-state index < -0.39 is 337 Å². The van der Waals surface area contributed by atoms with Gasteiger partial charge >= 0.3 is 5.97 Å². The Labute approximate surface area is 879 Å². The van der Waals surface area contributed by atoms with E-state index in [1.54, 1.807) is 107 Å². The lowest BCUT2D eigenvalue weighted by molar-refractivity contribution is -0.142. The number of aliphatic hydroxyl groups excluding tert-OH is 1. The molecular formula is C97H131N23O26S4. The molecule has 150 heavy (non-hydrogen) atoms. The van der Waals surface area contributed by atoms with E-state index in [0.29, 0.717) is 54.7 Å². The quantitative estimate of drug-likeness (QED) is 0.0287. The fourth-order valence-electron chi connectivity index (χ4n) is 15.4. The lowest BCUT2D eigenvalue weighted by Crippen LogP contribution is -2.62. The van der Waals surface area contributed by atoms with Crippen LogP contribution < -0.4 is 117 Å². The molecule has 27 N–H and O–H groups in total. The Morgan fingerprint density at radius 3 is 1.42 bits per heavy atom. The SMILES string of the molecule is CC[C@H](C)[C@@H]1NC(=O)[C@H](C)NC(=O)[C@H](Cc2ccc(O)cc2)NC(=O)CNC(=O)[C@@H]2CSSC[C@@H]3NC(=O)CC(NC(=O)[C@H](CC(N)=O)NC(=O)[C@H](CSSC[C@@H](C(=O)N[C@@H](Cc4ccccc4)C(=O)N[C@@H](Cc4c[nH]c5ccccc45)C(=O)O)NC(=O)[C@H](C(C)C)NC1=O)NC(=O)[C@H](CO)NC(=O)CNC(=O)[C@H](C(C)C)NC(=O)CNC(=O)[C@H](CC(C)C)NC3=O)C(=O)N[C@@H](Cc1ccccc1)C(=O)N[C@@H](C)C(=O)NCC(=O)N2. The number of nitrogens with one attached hydrogen (secondary N) is 22. The molecule has 1 aromatic heterocycles. The highest BCUT2D eigenvalue weighted by Crippen LogP contribution is 2.28. The molecule has 0 saturated carbocycles. The van der Waals surface area contributed by atoms with Gasteiger partial charge in [0.1, 0.15) is 108 Å². The first kappa shape index (κ1) is 121. The molecule has 3 aliphatic heterocycles.